The maximum atomic E-state index is 6.16. The van der Waals surface area contributed by atoms with Crippen molar-refractivity contribution in [2.45, 2.75) is 40.2 Å². The van der Waals surface area contributed by atoms with E-state index in [2.05, 4.69) is 48.3 Å². The summed E-state index contributed by atoms with van der Waals surface area (Å²) >= 11 is 6.16. The molecule has 1 aliphatic rings. The Labute approximate surface area is 200 Å². The number of benzene rings is 2. The largest absolute Gasteiger partial charge is 0.337 e. The molecule has 5 heteroatoms. The van der Waals surface area contributed by atoms with Crippen LogP contribution in [-0.2, 0) is 6.54 Å². The van der Waals surface area contributed by atoms with Crippen molar-refractivity contribution in [2.24, 2.45) is 0 Å². The molecule has 4 aromatic rings. The summed E-state index contributed by atoms with van der Waals surface area (Å²) < 4.78 is 0. The van der Waals surface area contributed by atoms with Crippen molar-refractivity contribution in [2.75, 3.05) is 6.54 Å². The van der Waals surface area contributed by atoms with E-state index in [9.17, 15) is 0 Å². The summed E-state index contributed by atoms with van der Waals surface area (Å²) in [5, 5.41) is 0.720. The Morgan fingerprint density at radius 1 is 0.970 bits per heavy atom. The van der Waals surface area contributed by atoms with Gasteiger partial charge in [0.05, 0.1) is 11.4 Å². The van der Waals surface area contributed by atoms with Crippen LogP contribution in [0.4, 0.5) is 0 Å². The average Bonchev–Trinajstić information content (AvgIpc) is 3.48. The maximum absolute atomic E-state index is 6.16. The molecule has 0 bridgehead atoms. The van der Waals surface area contributed by atoms with Gasteiger partial charge in [0.2, 0.25) is 0 Å². The van der Waals surface area contributed by atoms with Crippen LogP contribution in [0.3, 0.4) is 0 Å². The number of rotatable bonds is 5. The zero-order valence-electron chi connectivity index (χ0n) is 19.3. The number of aryl methyl sites for hydroxylation is 2. The average molecular weight is 456 g/mol. The second kappa shape index (κ2) is 9.12. The lowest BCUT2D eigenvalue weighted by atomic mass is 9.92. The van der Waals surface area contributed by atoms with Crippen LogP contribution in [0.15, 0.2) is 54.9 Å². The first-order valence-corrected chi connectivity index (χ1v) is 11.8. The normalized spacial score (nSPS) is 14.2. The second-order valence-electron chi connectivity index (χ2n) is 8.84. The molecule has 1 aliphatic heterocycles. The summed E-state index contributed by atoms with van der Waals surface area (Å²) in [6.45, 7) is 11.1. The lowest BCUT2D eigenvalue weighted by Crippen LogP contribution is -2.17. The predicted molar refractivity (Wildman–Crippen MR) is 136 cm³/mol. The first kappa shape index (κ1) is 21.9. The van der Waals surface area contributed by atoms with E-state index in [0.29, 0.717) is 0 Å². The molecular formula is C28H28ClN4. The van der Waals surface area contributed by atoms with Gasteiger partial charge in [0.25, 0.3) is 0 Å². The van der Waals surface area contributed by atoms with Crippen LogP contribution in [0.1, 0.15) is 35.1 Å². The molecule has 5 rings (SSSR count). The molecule has 1 N–H and O–H groups in total. The van der Waals surface area contributed by atoms with Crippen molar-refractivity contribution in [1.29, 1.82) is 0 Å². The number of halogens is 1. The highest BCUT2D eigenvalue weighted by atomic mass is 35.5. The van der Waals surface area contributed by atoms with Gasteiger partial charge in [0.1, 0.15) is 5.82 Å². The molecule has 0 spiro atoms. The van der Waals surface area contributed by atoms with Crippen molar-refractivity contribution in [3.63, 3.8) is 0 Å². The van der Waals surface area contributed by atoms with E-state index >= 15 is 0 Å². The third-order valence-electron chi connectivity index (χ3n) is 6.56. The monoisotopic (exact) mass is 455 g/mol. The van der Waals surface area contributed by atoms with Gasteiger partial charge in [-0.05, 0) is 86.7 Å². The van der Waals surface area contributed by atoms with E-state index < -0.39 is 0 Å². The van der Waals surface area contributed by atoms with Crippen molar-refractivity contribution < 1.29 is 0 Å². The third-order valence-corrected chi connectivity index (χ3v) is 6.81. The Morgan fingerprint density at radius 3 is 2.42 bits per heavy atom. The van der Waals surface area contributed by atoms with Gasteiger partial charge in [-0.2, -0.15) is 0 Å². The summed E-state index contributed by atoms with van der Waals surface area (Å²) in [6.07, 6.45) is 6.04. The van der Waals surface area contributed by atoms with Crippen LogP contribution < -0.4 is 0 Å². The molecule has 4 nitrogen and oxygen atoms in total. The van der Waals surface area contributed by atoms with Crippen LogP contribution in [-0.4, -0.2) is 26.4 Å². The van der Waals surface area contributed by atoms with E-state index in [0.717, 1.165) is 46.5 Å². The number of H-pyrrole nitrogens is 1. The molecule has 167 valence electrons. The number of aromatic nitrogens is 3. The van der Waals surface area contributed by atoms with Crippen molar-refractivity contribution in [1.82, 2.24) is 19.9 Å². The molecule has 33 heavy (non-hydrogen) atoms. The fourth-order valence-electron chi connectivity index (χ4n) is 4.88. The van der Waals surface area contributed by atoms with E-state index in [1.54, 1.807) is 0 Å². The minimum Gasteiger partial charge on any atom is -0.337 e. The zero-order valence-corrected chi connectivity index (χ0v) is 20.1. The van der Waals surface area contributed by atoms with Crippen LogP contribution in [0, 0.1) is 27.3 Å². The summed E-state index contributed by atoms with van der Waals surface area (Å²) in [7, 11) is 0. The summed E-state index contributed by atoms with van der Waals surface area (Å²) in [6, 6.07) is 14.2. The molecule has 1 radical (unpaired) electrons. The van der Waals surface area contributed by atoms with Crippen molar-refractivity contribution >= 4 is 11.6 Å². The van der Waals surface area contributed by atoms with Gasteiger partial charge >= 0.3 is 0 Å². The highest BCUT2D eigenvalue weighted by molar-refractivity contribution is 6.30. The molecular weight excluding hydrogens is 428 g/mol. The predicted octanol–water partition coefficient (Wildman–Crippen LogP) is 7.14. The Kier molecular flexibility index (Phi) is 6.05. The number of nitrogens with one attached hydrogen (secondary N) is 1. The standard InChI is InChI=1S/C28H28ClN4/c1-18-16-19(2)25(20(3)24(18)17-33-14-4-5-15-33)28-31-26(21-6-8-23(29)9-7-21)27(32-28)22-10-12-30-13-11-22/h6-14,16H,4-5,15,17H2,1-3H3,(H,31,32). The zero-order chi connectivity index (χ0) is 22.9. The Balaban J connectivity index is 1.66. The smallest absolute Gasteiger partial charge is 0.139 e. The number of nitrogens with zero attached hydrogens (tertiary/aromatic N) is 3. The van der Waals surface area contributed by atoms with Crippen molar-refractivity contribution in [3.05, 3.63) is 88.7 Å². The van der Waals surface area contributed by atoms with Gasteiger partial charge in [-0.1, -0.05) is 29.8 Å². The van der Waals surface area contributed by atoms with Gasteiger partial charge in [0, 0.05) is 47.2 Å². The highest BCUT2D eigenvalue weighted by Crippen LogP contribution is 2.37. The molecule has 3 heterocycles. The number of hydrogen-bond acceptors (Lipinski definition) is 3. The maximum Gasteiger partial charge on any atom is 0.139 e. The van der Waals surface area contributed by atoms with E-state index in [1.165, 1.54) is 40.7 Å². The SMILES string of the molecule is Cc1cc(C)c(-c2nc(-c3ccncc3)c(-c3ccc(Cl)cc3)[nH]2)c(C)c1CN1[CH]CCC1. The number of likely N-dealkylation sites (tertiary alicyclic amines) is 1. The van der Waals surface area contributed by atoms with Gasteiger partial charge in [-0.25, -0.2) is 4.98 Å². The number of imidazole rings is 1. The number of aromatic amines is 1. The lowest BCUT2D eigenvalue weighted by molar-refractivity contribution is 0.377. The summed E-state index contributed by atoms with van der Waals surface area (Å²) in [5.74, 6) is 0.897. The minimum absolute atomic E-state index is 0.720. The fraction of sp³-hybridized carbons (Fsp3) is 0.250. The number of pyridine rings is 1. The van der Waals surface area contributed by atoms with Gasteiger partial charge in [-0.15, -0.1) is 0 Å². The molecule has 2 aromatic carbocycles. The van der Waals surface area contributed by atoms with Crippen LogP contribution in [0.5, 0.6) is 0 Å². The third kappa shape index (κ3) is 4.33. The molecule has 0 saturated carbocycles. The molecule has 0 aliphatic carbocycles. The van der Waals surface area contributed by atoms with Crippen molar-refractivity contribution in [3.8, 4) is 33.9 Å². The Hall–Kier alpha value is -2.95. The topological polar surface area (TPSA) is 44.8 Å². The first-order chi connectivity index (χ1) is 16.0. The molecule has 1 fully saturated rings. The van der Waals surface area contributed by atoms with Gasteiger partial charge in [0.15, 0.2) is 0 Å². The van der Waals surface area contributed by atoms with E-state index in [4.69, 9.17) is 16.6 Å². The molecule has 0 unspecified atom stereocenters. The van der Waals surface area contributed by atoms with Crippen LogP contribution >= 0.6 is 11.6 Å². The minimum atomic E-state index is 0.720. The summed E-state index contributed by atoms with van der Waals surface area (Å²) in [4.78, 5) is 15.4. The van der Waals surface area contributed by atoms with Gasteiger partial charge < -0.3 is 4.98 Å². The summed E-state index contributed by atoms with van der Waals surface area (Å²) in [5.41, 5.74) is 10.4. The Morgan fingerprint density at radius 2 is 1.73 bits per heavy atom. The quantitative estimate of drug-likeness (QED) is 0.347. The van der Waals surface area contributed by atoms with Gasteiger partial charge in [-0.3, -0.25) is 9.88 Å². The molecule has 2 aromatic heterocycles. The first-order valence-electron chi connectivity index (χ1n) is 11.4. The highest BCUT2D eigenvalue weighted by Gasteiger charge is 2.21. The Bertz CT molecular complexity index is 1270. The number of hydrogen-bond donors (Lipinski definition) is 1. The lowest BCUT2D eigenvalue weighted by Gasteiger charge is -2.21. The van der Waals surface area contributed by atoms with E-state index in [-0.39, 0.29) is 0 Å². The van der Waals surface area contributed by atoms with E-state index in [1.807, 2.05) is 48.8 Å². The molecule has 0 atom stereocenters. The molecule has 1 saturated heterocycles. The van der Waals surface area contributed by atoms with Crippen LogP contribution in [0.25, 0.3) is 33.9 Å². The fourth-order valence-corrected chi connectivity index (χ4v) is 5.00. The second-order valence-corrected chi connectivity index (χ2v) is 9.27. The van der Waals surface area contributed by atoms with Crippen LogP contribution in [0.2, 0.25) is 5.02 Å². The molecule has 0 amide bonds.